The smallest absolute Gasteiger partial charge is 0.240 e. The number of rotatable bonds is 5. The van der Waals surface area contributed by atoms with Crippen molar-refractivity contribution in [2.24, 2.45) is 5.73 Å². The number of fused-ring (bicyclic) bond motifs is 3. The molecule has 0 saturated carbocycles. The number of carbonyl (C=O) groups is 2. The van der Waals surface area contributed by atoms with Crippen LogP contribution in [0.15, 0.2) is 61.2 Å². The molecule has 4 heteroatoms. The van der Waals surface area contributed by atoms with E-state index in [9.17, 15) is 9.59 Å². The first-order chi connectivity index (χ1) is 11.1. The third-order valence-corrected chi connectivity index (χ3v) is 4.16. The van der Waals surface area contributed by atoms with Crippen LogP contribution in [0.4, 0.5) is 0 Å². The molecule has 0 heterocycles. The summed E-state index contributed by atoms with van der Waals surface area (Å²) < 4.78 is 0. The molecule has 4 nitrogen and oxygen atoms in total. The second-order valence-electron chi connectivity index (χ2n) is 5.60. The Balaban J connectivity index is 1.97. The third-order valence-electron chi connectivity index (χ3n) is 4.16. The Hall–Kier alpha value is -2.88. The number of amides is 2. The summed E-state index contributed by atoms with van der Waals surface area (Å²) in [4.78, 5) is 24.3. The third kappa shape index (κ3) is 2.63. The Kier molecular flexibility index (Phi) is 3.98. The fraction of sp³-hybridized carbons (Fsp3) is 0.158. The van der Waals surface area contributed by atoms with Gasteiger partial charge in [0.25, 0.3) is 0 Å². The van der Waals surface area contributed by atoms with E-state index in [1.165, 1.54) is 0 Å². The summed E-state index contributed by atoms with van der Waals surface area (Å²) in [6, 6.07) is 14.9. The minimum Gasteiger partial charge on any atom is -0.368 e. The van der Waals surface area contributed by atoms with Crippen molar-refractivity contribution in [3.8, 4) is 11.1 Å². The van der Waals surface area contributed by atoms with Gasteiger partial charge in [-0.2, -0.15) is 0 Å². The van der Waals surface area contributed by atoms with Crippen LogP contribution in [0.5, 0.6) is 0 Å². The molecule has 2 amide bonds. The zero-order chi connectivity index (χ0) is 16.4. The molecule has 3 N–H and O–H groups in total. The van der Waals surface area contributed by atoms with Crippen LogP contribution in [-0.4, -0.2) is 17.9 Å². The zero-order valence-corrected chi connectivity index (χ0v) is 12.7. The van der Waals surface area contributed by atoms with Crippen LogP contribution in [-0.2, 0) is 9.59 Å². The number of nitrogens with two attached hydrogens (primary N) is 1. The lowest BCUT2D eigenvalue weighted by atomic mass is 9.95. The van der Waals surface area contributed by atoms with Crippen molar-refractivity contribution in [1.82, 2.24) is 5.32 Å². The van der Waals surface area contributed by atoms with E-state index in [1.54, 1.807) is 6.08 Å². The molecule has 0 unspecified atom stereocenters. The molecule has 0 saturated heterocycles. The topological polar surface area (TPSA) is 72.2 Å². The molecule has 0 spiro atoms. The summed E-state index contributed by atoms with van der Waals surface area (Å²) in [5.41, 5.74) is 9.38. The van der Waals surface area contributed by atoms with Crippen molar-refractivity contribution in [2.75, 3.05) is 0 Å². The fourth-order valence-electron chi connectivity index (χ4n) is 3.11. The van der Waals surface area contributed by atoms with E-state index >= 15 is 0 Å². The van der Waals surface area contributed by atoms with Crippen molar-refractivity contribution in [3.63, 3.8) is 0 Å². The Bertz CT molecular complexity index is 737. The number of nitrogens with one attached hydrogen (secondary N) is 1. The maximum Gasteiger partial charge on any atom is 0.240 e. The predicted molar refractivity (Wildman–Crippen MR) is 89.7 cm³/mol. The lowest BCUT2D eigenvalue weighted by Gasteiger charge is -2.18. The summed E-state index contributed by atoms with van der Waals surface area (Å²) in [7, 11) is 0. The van der Waals surface area contributed by atoms with Gasteiger partial charge in [0.05, 0.1) is 5.92 Å². The van der Waals surface area contributed by atoms with Crippen molar-refractivity contribution in [2.45, 2.75) is 18.4 Å². The SMILES string of the molecule is C=CC[C@@H](NC(=O)C1c2ccccc2-c2ccccc21)C(N)=O. The highest BCUT2D eigenvalue weighted by Crippen LogP contribution is 2.44. The van der Waals surface area contributed by atoms with Crippen LogP contribution in [0.3, 0.4) is 0 Å². The van der Waals surface area contributed by atoms with E-state index in [0.717, 1.165) is 22.3 Å². The highest BCUT2D eigenvalue weighted by molar-refractivity contribution is 5.98. The van der Waals surface area contributed by atoms with Crippen molar-refractivity contribution in [3.05, 3.63) is 72.3 Å². The molecule has 2 aromatic rings. The first kappa shape index (κ1) is 15.0. The van der Waals surface area contributed by atoms with Crippen LogP contribution < -0.4 is 11.1 Å². The number of carbonyl (C=O) groups excluding carboxylic acids is 2. The van der Waals surface area contributed by atoms with Gasteiger partial charge in [0, 0.05) is 0 Å². The average molecular weight is 306 g/mol. The predicted octanol–water partition coefficient (Wildman–Crippen LogP) is 2.35. The van der Waals surface area contributed by atoms with E-state index in [0.29, 0.717) is 6.42 Å². The molecule has 1 aliphatic carbocycles. The summed E-state index contributed by atoms with van der Waals surface area (Å²) >= 11 is 0. The molecule has 0 fully saturated rings. The largest absolute Gasteiger partial charge is 0.368 e. The molecular formula is C19H18N2O2. The summed E-state index contributed by atoms with van der Waals surface area (Å²) in [6.07, 6.45) is 1.89. The second-order valence-corrected chi connectivity index (χ2v) is 5.60. The highest BCUT2D eigenvalue weighted by Gasteiger charge is 2.34. The quantitative estimate of drug-likeness (QED) is 0.832. The standard InChI is InChI=1S/C19H18N2O2/c1-2-7-16(18(20)22)21-19(23)17-14-10-5-3-8-12(14)13-9-4-6-11-15(13)17/h2-6,8-11,16-17H,1,7H2,(H2,20,22)(H,21,23)/t16-/m1/s1. The molecule has 0 bridgehead atoms. The Labute approximate surface area is 135 Å². The lowest BCUT2D eigenvalue weighted by Crippen LogP contribution is -2.45. The average Bonchev–Trinajstić information content (AvgIpc) is 2.89. The summed E-state index contributed by atoms with van der Waals surface area (Å²) in [6.45, 7) is 3.60. The van der Waals surface area contributed by atoms with Crippen molar-refractivity contribution < 1.29 is 9.59 Å². The van der Waals surface area contributed by atoms with E-state index in [4.69, 9.17) is 5.73 Å². The number of benzene rings is 2. The second kappa shape index (κ2) is 6.08. The van der Waals surface area contributed by atoms with Crippen molar-refractivity contribution in [1.29, 1.82) is 0 Å². The van der Waals surface area contributed by atoms with Crippen LogP contribution in [0.25, 0.3) is 11.1 Å². The molecule has 1 aliphatic rings. The lowest BCUT2D eigenvalue weighted by molar-refractivity contribution is -0.127. The Morgan fingerprint density at radius 2 is 1.61 bits per heavy atom. The van der Waals surface area contributed by atoms with Gasteiger partial charge in [-0.25, -0.2) is 0 Å². The van der Waals surface area contributed by atoms with Gasteiger partial charge in [-0.15, -0.1) is 6.58 Å². The van der Waals surface area contributed by atoms with E-state index in [2.05, 4.69) is 11.9 Å². The molecule has 0 aromatic heterocycles. The van der Waals surface area contributed by atoms with Crippen LogP contribution in [0, 0.1) is 0 Å². The van der Waals surface area contributed by atoms with Gasteiger partial charge in [-0.1, -0.05) is 54.6 Å². The van der Waals surface area contributed by atoms with Gasteiger partial charge < -0.3 is 11.1 Å². The first-order valence-electron chi connectivity index (χ1n) is 7.52. The maximum absolute atomic E-state index is 12.8. The van der Waals surface area contributed by atoms with Gasteiger partial charge in [0.2, 0.25) is 11.8 Å². The molecular weight excluding hydrogens is 288 g/mol. The zero-order valence-electron chi connectivity index (χ0n) is 12.7. The first-order valence-corrected chi connectivity index (χ1v) is 7.52. The molecule has 1 atom stereocenters. The minimum atomic E-state index is -0.736. The Morgan fingerprint density at radius 1 is 1.09 bits per heavy atom. The van der Waals surface area contributed by atoms with E-state index < -0.39 is 17.9 Å². The number of hydrogen-bond acceptors (Lipinski definition) is 2. The molecule has 2 aromatic carbocycles. The molecule has 116 valence electrons. The van der Waals surface area contributed by atoms with Crippen LogP contribution >= 0.6 is 0 Å². The van der Waals surface area contributed by atoms with Crippen molar-refractivity contribution >= 4 is 11.8 Å². The molecule has 0 aliphatic heterocycles. The maximum atomic E-state index is 12.8. The number of hydrogen-bond donors (Lipinski definition) is 2. The van der Waals surface area contributed by atoms with E-state index in [1.807, 2.05) is 48.5 Å². The normalized spacial score (nSPS) is 13.7. The van der Waals surface area contributed by atoms with Gasteiger partial charge >= 0.3 is 0 Å². The van der Waals surface area contributed by atoms with Gasteiger partial charge in [0.15, 0.2) is 0 Å². The summed E-state index contributed by atoms with van der Waals surface area (Å²) in [5.74, 6) is -1.19. The molecule has 0 radical (unpaired) electrons. The van der Waals surface area contributed by atoms with Gasteiger partial charge in [-0.3, -0.25) is 9.59 Å². The summed E-state index contributed by atoms with van der Waals surface area (Å²) in [5, 5.41) is 2.76. The monoisotopic (exact) mass is 306 g/mol. The molecule has 3 rings (SSSR count). The Morgan fingerprint density at radius 3 is 2.09 bits per heavy atom. The van der Waals surface area contributed by atoms with Crippen LogP contribution in [0.2, 0.25) is 0 Å². The van der Waals surface area contributed by atoms with E-state index in [-0.39, 0.29) is 5.91 Å². The highest BCUT2D eigenvalue weighted by atomic mass is 16.2. The van der Waals surface area contributed by atoms with Gasteiger partial charge in [-0.05, 0) is 28.7 Å². The fourth-order valence-corrected chi connectivity index (χ4v) is 3.11. The van der Waals surface area contributed by atoms with Gasteiger partial charge in [0.1, 0.15) is 6.04 Å². The molecule has 23 heavy (non-hydrogen) atoms. The number of primary amides is 1. The minimum absolute atomic E-state index is 0.215. The van der Waals surface area contributed by atoms with Crippen LogP contribution in [0.1, 0.15) is 23.5 Å².